The van der Waals surface area contributed by atoms with E-state index in [1.165, 1.54) is 44.9 Å². The molecule has 0 aliphatic heterocycles. The first-order valence-corrected chi connectivity index (χ1v) is 22.7. The van der Waals surface area contributed by atoms with Crippen LogP contribution < -0.4 is 0 Å². The molecule has 0 radical (unpaired) electrons. The normalized spacial score (nSPS) is 20.9. The molecule has 0 saturated carbocycles. The van der Waals surface area contributed by atoms with Gasteiger partial charge in [-0.3, -0.25) is 0 Å². The minimum absolute atomic E-state index is 1.15. The van der Waals surface area contributed by atoms with E-state index in [0.717, 1.165) is 6.42 Å². The van der Waals surface area contributed by atoms with Crippen LogP contribution in [0.25, 0.3) is 0 Å². The first-order chi connectivity index (χ1) is 9.40. The Balaban J connectivity index is 2.60. The zero-order chi connectivity index (χ0) is 16.1. The standard InChI is InChI=1S/C10H19.C5H5.5CH3.Ir/c1-3-5-7-9-10-8-6-4-2;1-2-4-5-3-1;;;;;;/h1,3H,4-10H2,2H3;1-3H,4H2;5*1H3;. The third-order valence-electron chi connectivity index (χ3n) is 4.32. The van der Waals surface area contributed by atoms with Gasteiger partial charge < -0.3 is 0 Å². The number of allylic oxidation sites excluding steroid dienone is 5. The molecule has 1 rings (SSSR count). The summed E-state index contributed by atoms with van der Waals surface area (Å²) in [5, 5.41) is 0. The van der Waals surface area contributed by atoms with E-state index in [0.29, 0.717) is 0 Å². The summed E-state index contributed by atoms with van der Waals surface area (Å²) in [5.74, 6) is 0. The summed E-state index contributed by atoms with van der Waals surface area (Å²) in [4.78, 5) is 0. The molecule has 0 heterocycles. The van der Waals surface area contributed by atoms with Gasteiger partial charge in [0.1, 0.15) is 0 Å². The van der Waals surface area contributed by atoms with Crippen LogP contribution in [0, 0.1) is 0 Å². The zero-order valence-electron chi connectivity index (χ0n) is 15.4. The van der Waals surface area contributed by atoms with E-state index in [1.54, 1.807) is 4.09 Å². The van der Waals surface area contributed by atoms with Gasteiger partial charge in [0.05, 0.1) is 0 Å². The van der Waals surface area contributed by atoms with Gasteiger partial charge in [-0.1, -0.05) is 0 Å². The third kappa shape index (κ3) is 5.87. The van der Waals surface area contributed by atoms with E-state index < -0.39 is 11.7 Å². The zero-order valence-corrected chi connectivity index (χ0v) is 17.8. The minimum atomic E-state index is -3.60. The average Bonchev–Trinajstić information content (AvgIpc) is 2.86. The SMILES string of the molecule is CCCCCCCCC=[CH][Ir]([CH3])([CH3])([CH3])([CH3])([CH3])[C]1=CC=CC1. The Hall–Kier alpha value is -0.131. The number of rotatable bonds is 9. The molecule has 0 amide bonds. The molecule has 1 aliphatic carbocycles. The van der Waals surface area contributed by atoms with E-state index in [4.69, 9.17) is 0 Å². The molecule has 0 atom stereocenters. The van der Waals surface area contributed by atoms with E-state index in [2.05, 4.69) is 63.0 Å². The van der Waals surface area contributed by atoms with Crippen LogP contribution in [0.2, 0.25) is 27.2 Å². The van der Waals surface area contributed by atoms with E-state index in [-0.39, 0.29) is 0 Å². The molecule has 128 valence electrons. The van der Waals surface area contributed by atoms with Gasteiger partial charge >= 0.3 is 130 Å². The molecule has 0 N–H and O–H groups in total. The molecular weight excluding hydrogens is 432 g/mol. The first-order valence-electron chi connectivity index (χ1n) is 8.19. The van der Waals surface area contributed by atoms with Crippen LogP contribution in [0.15, 0.2) is 33.0 Å². The summed E-state index contributed by atoms with van der Waals surface area (Å²) in [6.07, 6.45) is 20.1. The molecule has 1 aliphatic rings. The van der Waals surface area contributed by atoms with Crippen molar-refractivity contribution in [3.05, 3.63) is 33.0 Å². The van der Waals surface area contributed by atoms with Crippen LogP contribution in [0.1, 0.15) is 58.3 Å². The van der Waals surface area contributed by atoms with Crippen LogP contribution in [0.4, 0.5) is 0 Å². The Morgan fingerprint density at radius 1 is 0.952 bits per heavy atom. The molecular formula is C20H39Ir. The van der Waals surface area contributed by atoms with Crippen molar-refractivity contribution in [2.45, 2.75) is 85.5 Å². The maximum atomic E-state index is 2.64. The Morgan fingerprint density at radius 2 is 1.57 bits per heavy atom. The van der Waals surface area contributed by atoms with Crippen molar-refractivity contribution in [1.29, 1.82) is 0 Å². The van der Waals surface area contributed by atoms with Crippen molar-refractivity contribution in [1.82, 2.24) is 0 Å². The van der Waals surface area contributed by atoms with Gasteiger partial charge in [-0.25, -0.2) is 0 Å². The maximum absolute atomic E-state index is 3.60. The second-order valence-corrected chi connectivity index (χ2v) is 49.2. The summed E-state index contributed by atoms with van der Waals surface area (Å²) in [5.41, 5.74) is 12.8. The van der Waals surface area contributed by atoms with E-state index in [9.17, 15) is 0 Å². The summed E-state index contributed by atoms with van der Waals surface area (Å²) in [7, 11) is 0. The van der Waals surface area contributed by atoms with Gasteiger partial charge in [-0.05, 0) is 0 Å². The van der Waals surface area contributed by atoms with Crippen molar-refractivity contribution < 1.29 is 11.7 Å². The Bertz CT molecular complexity index is 457. The van der Waals surface area contributed by atoms with Gasteiger partial charge in [0.25, 0.3) is 0 Å². The molecule has 0 fully saturated rings. The molecule has 0 aromatic heterocycles. The van der Waals surface area contributed by atoms with Crippen molar-refractivity contribution >= 4 is 0 Å². The summed E-state index contributed by atoms with van der Waals surface area (Å²) < 4.78 is 4.31. The molecule has 21 heavy (non-hydrogen) atoms. The van der Waals surface area contributed by atoms with Crippen LogP contribution in [0.5, 0.6) is 0 Å². The van der Waals surface area contributed by atoms with Gasteiger partial charge in [0.15, 0.2) is 0 Å². The predicted molar refractivity (Wildman–Crippen MR) is 98.3 cm³/mol. The van der Waals surface area contributed by atoms with Crippen molar-refractivity contribution in [2.24, 2.45) is 0 Å². The van der Waals surface area contributed by atoms with Crippen molar-refractivity contribution in [3.8, 4) is 0 Å². The second kappa shape index (κ2) is 5.20. The molecule has 0 aromatic rings. The van der Waals surface area contributed by atoms with Gasteiger partial charge in [0.2, 0.25) is 0 Å². The van der Waals surface area contributed by atoms with Gasteiger partial charge in [-0.15, -0.1) is 0 Å². The van der Waals surface area contributed by atoms with E-state index in [1.807, 2.05) is 0 Å². The summed E-state index contributed by atoms with van der Waals surface area (Å²) >= 11 is -3.60. The molecule has 0 nitrogen and oxygen atoms in total. The fourth-order valence-electron chi connectivity index (χ4n) is 2.70. The molecule has 0 unspecified atom stereocenters. The molecule has 0 spiro atoms. The number of hydrogen-bond donors (Lipinski definition) is 0. The Morgan fingerprint density at radius 3 is 2.14 bits per heavy atom. The van der Waals surface area contributed by atoms with Crippen LogP contribution in [-0.4, -0.2) is 0 Å². The first kappa shape index (κ1) is 18.9. The predicted octanol–water partition coefficient (Wildman–Crippen LogP) is 8.10. The Kier molecular flexibility index (Phi) is 4.69. The van der Waals surface area contributed by atoms with Gasteiger partial charge in [-0.2, -0.15) is 0 Å². The summed E-state index contributed by atoms with van der Waals surface area (Å²) in [6.45, 7) is 2.28. The van der Waals surface area contributed by atoms with Crippen molar-refractivity contribution in [2.75, 3.05) is 0 Å². The molecule has 0 bridgehead atoms. The topological polar surface area (TPSA) is 0 Å². The monoisotopic (exact) mass is 472 g/mol. The number of unbranched alkanes of at least 4 members (excludes halogenated alkanes) is 6. The van der Waals surface area contributed by atoms with E-state index >= 15 is 0 Å². The molecule has 0 saturated heterocycles. The Labute approximate surface area is 130 Å². The fraction of sp³-hybridized carbons (Fsp3) is 0.700. The van der Waals surface area contributed by atoms with Gasteiger partial charge in [0, 0.05) is 0 Å². The van der Waals surface area contributed by atoms with Crippen LogP contribution in [0.3, 0.4) is 0 Å². The second-order valence-electron chi connectivity index (χ2n) is 9.35. The van der Waals surface area contributed by atoms with Crippen LogP contribution >= 0.6 is 0 Å². The third-order valence-corrected chi connectivity index (χ3v) is 18.7. The average molecular weight is 472 g/mol. The molecule has 1 heteroatoms. The quantitative estimate of drug-likeness (QED) is 0.298. The van der Waals surface area contributed by atoms with Crippen LogP contribution in [-0.2, 0) is 11.7 Å². The summed E-state index contributed by atoms with van der Waals surface area (Å²) in [6, 6.07) is 0. The number of hydrogen-bond acceptors (Lipinski definition) is 0. The molecule has 0 aromatic carbocycles. The van der Waals surface area contributed by atoms with Crippen molar-refractivity contribution in [3.63, 3.8) is 0 Å². The fourth-order valence-corrected chi connectivity index (χ4v) is 12.2.